The maximum Gasteiger partial charge on any atom is 0.328 e. The molecule has 2 N–H and O–H groups in total. The van der Waals surface area contributed by atoms with Crippen molar-refractivity contribution in [1.82, 2.24) is 0 Å². The molecule has 1 aromatic carbocycles. The molecule has 0 saturated heterocycles. The van der Waals surface area contributed by atoms with Gasteiger partial charge in [0.1, 0.15) is 17.6 Å². The van der Waals surface area contributed by atoms with E-state index in [-0.39, 0.29) is 5.78 Å². The van der Waals surface area contributed by atoms with Gasteiger partial charge in [0.2, 0.25) is 0 Å². The highest BCUT2D eigenvalue weighted by Gasteiger charge is 2.30. The zero-order valence-corrected chi connectivity index (χ0v) is 13.7. The number of carbonyl (C=O) groups excluding carboxylic acids is 2. The molecule has 0 heterocycles. The summed E-state index contributed by atoms with van der Waals surface area (Å²) in [5, 5.41) is 0. The van der Waals surface area contributed by atoms with Crippen molar-refractivity contribution in [3.05, 3.63) is 28.8 Å². The number of aryl methyl sites for hydroxylation is 2. The van der Waals surface area contributed by atoms with E-state index in [9.17, 15) is 9.59 Å². The molecule has 0 radical (unpaired) electrons. The lowest BCUT2D eigenvalue weighted by Crippen LogP contribution is -2.32. The zero-order chi connectivity index (χ0) is 16.4. The lowest BCUT2D eigenvalue weighted by Gasteiger charge is -2.29. The zero-order valence-electron chi connectivity index (χ0n) is 13.7. The number of esters is 1. The van der Waals surface area contributed by atoms with E-state index in [1.54, 1.807) is 13.8 Å². The van der Waals surface area contributed by atoms with Crippen molar-refractivity contribution < 1.29 is 14.3 Å². The molecule has 0 amide bonds. The van der Waals surface area contributed by atoms with Gasteiger partial charge in [-0.15, -0.1) is 0 Å². The molecule has 21 heavy (non-hydrogen) atoms. The third kappa shape index (κ3) is 4.14. The van der Waals surface area contributed by atoms with Crippen molar-refractivity contribution in [2.24, 2.45) is 5.73 Å². The Labute approximate surface area is 126 Å². The first-order valence-corrected chi connectivity index (χ1v) is 7.13. The van der Waals surface area contributed by atoms with E-state index in [1.165, 1.54) is 0 Å². The van der Waals surface area contributed by atoms with Crippen molar-refractivity contribution in [3.63, 3.8) is 0 Å². The predicted molar refractivity (Wildman–Crippen MR) is 83.5 cm³/mol. The Bertz CT molecular complexity index is 559. The van der Waals surface area contributed by atoms with Crippen molar-refractivity contribution in [2.45, 2.75) is 59.4 Å². The number of nitrogens with two attached hydrogens (primary N) is 1. The van der Waals surface area contributed by atoms with Gasteiger partial charge in [-0.25, -0.2) is 4.79 Å². The minimum atomic E-state index is -0.686. The van der Waals surface area contributed by atoms with Crippen LogP contribution in [0.2, 0.25) is 0 Å². The van der Waals surface area contributed by atoms with Crippen molar-refractivity contribution in [2.75, 3.05) is 0 Å². The second-order valence-electron chi connectivity index (χ2n) is 6.38. The van der Waals surface area contributed by atoms with Crippen molar-refractivity contribution in [1.29, 1.82) is 0 Å². The van der Waals surface area contributed by atoms with Crippen LogP contribution in [0, 0.1) is 13.8 Å². The summed E-state index contributed by atoms with van der Waals surface area (Å²) in [5.74, 6) is 0.164. The molecule has 0 aliphatic carbocycles. The van der Waals surface area contributed by atoms with Crippen LogP contribution in [0.3, 0.4) is 0 Å². The first-order valence-electron chi connectivity index (χ1n) is 7.13. The molecule has 0 aliphatic rings. The molecule has 0 bridgehead atoms. The van der Waals surface area contributed by atoms with Crippen LogP contribution in [0.1, 0.15) is 50.8 Å². The summed E-state index contributed by atoms with van der Waals surface area (Å²) in [6.45, 7) is 11.0. The molecular weight excluding hydrogens is 266 g/mol. The van der Waals surface area contributed by atoms with Crippen LogP contribution in [0.5, 0.6) is 5.75 Å². The van der Waals surface area contributed by atoms with E-state index >= 15 is 0 Å². The smallest absolute Gasteiger partial charge is 0.328 e. The average molecular weight is 291 g/mol. The van der Waals surface area contributed by atoms with Gasteiger partial charge in [0.15, 0.2) is 0 Å². The summed E-state index contributed by atoms with van der Waals surface area (Å²) in [7, 11) is 0. The number of ketones is 1. The van der Waals surface area contributed by atoms with E-state index in [1.807, 2.05) is 39.8 Å². The van der Waals surface area contributed by atoms with Crippen LogP contribution < -0.4 is 10.5 Å². The Morgan fingerprint density at radius 3 is 2.24 bits per heavy atom. The summed E-state index contributed by atoms with van der Waals surface area (Å²) in [5.41, 5.74) is 7.93. The van der Waals surface area contributed by atoms with Gasteiger partial charge in [-0.3, -0.25) is 4.79 Å². The molecule has 0 spiro atoms. The number of carbonyl (C=O) groups is 2. The Morgan fingerprint density at radius 2 is 1.76 bits per heavy atom. The highest BCUT2D eigenvalue weighted by molar-refractivity contribution is 5.80. The SMILES string of the molecule is CC(=O)CC(C)(C)c1c(C)ccc(C)c1OC(=O)C(C)N. The molecule has 4 heteroatoms. The molecular formula is C17H25NO3. The van der Waals surface area contributed by atoms with Crippen molar-refractivity contribution >= 4 is 11.8 Å². The fourth-order valence-electron chi connectivity index (χ4n) is 2.66. The fraction of sp³-hybridized carbons (Fsp3) is 0.529. The van der Waals surface area contributed by atoms with Crippen LogP contribution in [0.25, 0.3) is 0 Å². The summed E-state index contributed by atoms with van der Waals surface area (Å²) < 4.78 is 5.51. The van der Waals surface area contributed by atoms with Gasteiger partial charge in [0.05, 0.1) is 0 Å². The minimum absolute atomic E-state index is 0.102. The van der Waals surface area contributed by atoms with Gasteiger partial charge >= 0.3 is 5.97 Å². The molecule has 0 aromatic heterocycles. The molecule has 1 aromatic rings. The minimum Gasteiger partial charge on any atom is -0.425 e. The first-order chi connectivity index (χ1) is 9.56. The van der Waals surface area contributed by atoms with Gasteiger partial charge < -0.3 is 10.5 Å². The van der Waals surface area contributed by atoms with E-state index < -0.39 is 17.4 Å². The molecule has 0 fully saturated rings. The number of benzene rings is 1. The van der Waals surface area contributed by atoms with Gasteiger partial charge in [-0.1, -0.05) is 26.0 Å². The van der Waals surface area contributed by atoms with Gasteiger partial charge in [-0.2, -0.15) is 0 Å². The third-order valence-electron chi connectivity index (χ3n) is 3.50. The fourth-order valence-corrected chi connectivity index (χ4v) is 2.66. The van der Waals surface area contributed by atoms with E-state index in [0.29, 0.717) is 12.2 Å². The van der Waals surface area contributed by atoms with E-state index in [0.717, 1.165) is 16.7 Å². The van der Waals surface area contributed by atoms with Crippen LogP contribution in [0.4, 0.5) is 0 Å². The topological polar surface area (TPSA) is 69.4 Å². The Balaban J connectivity index is 3.39. The Morgan fingerprint density at radius 1 is 1.24 bits per heavy atom. The maximum atomic E-state index is 11.9. The molecule has 4 nitrogen and oxygen atoms in total. The van der Waals surface area contributed by atoms with Crippen LogP contribution in [-0.2, 0) is 15.0 Å². The van der Waals surface area contributed by atoms with Crippen molar-refractivity contribution in [3.8, 4) is 5.75 Å². The third-order valence-corrected chi connectivity index (χ3v) is 3.50. The molecule has 0 saturated carbocycles. The van der Waals surface area contributed by atoms with Gasteiger partial charge in [0.25, 0.3) is 0 Å². The van der Waals surface area contributed by atoms with E-state index in [2.05, 4.69) is 0 Å². The maximum absolute atomic E-state index is 11.9. The number of hydrogen-bond acceptors (Lipinski definition) is 4. The lowest BCUT2D eigenvalue weighted by molar-refractivity contribution is -0.135. The highest BCUT2D eigenvalue weighted by atomic mass is 16.5. The second-order valence-corrected chi connectivity index (χ2v) is 6.38. The van der Waals surface area contributed by atoms with Gasteiger partial charge in [-0.05, 0) is 38.8 Å². The molecule has 1 atom stereocenters. The van der Waals surface area contributed by atoms with Crippen LogP contribution >= 0.6 is 0 Å². The van der Waals surface area contributed by atoms with Gasteiger partial charge in [0, 0.05) is 17.4 Å². The highest BCUT2D eigenvalue weighted by Crippen LogP contribution is 2.39. The monoisotopic (exact) mass is 291 g/mol. The standard InChI is InChI=1S/C17H25NO3/c1-10-7-8-11(2)15(21-16(20)13(4)18)14(10)17(5,6)9-12(3)19/h7-8,13H,9,18H2,1-6H3. The summed E-state index contributed by atoms with van der Waals surface area (Å²) >= 11 is 0. The largest absolute Gasteiger partial charge is 0.425 e. The Kier molecular flexibility index (Phi) is 5.29. The molecule has 1 unspecified atom stereocenters. The lowest BCUT2D eigenvalue weighted by atomic mass is 9.77. The average Bonchev–Trinajstić information content (AvgIpc) is 2.31. The quantitative estimate of drug-likeness (QED) is 0.669. The number of ether oxygens (including phenoxy) is 1. The number of hydrogen-bond donors (Lipinski definition) is 1. The normalized spacial score (nSPS) is 12.9. The Hall–Kier alpha value is -1.68. The number of Topliss-reactive ketones (excluding diaryl/α,β-unsaturated/α-hetero) is 1. The summed E-state index contributed by atoms with van der Waals surface area (Å²) in [6.07, 6.45) is 0.389. The second kappa shape index (κ2) is 6.39. The van der Waals surface area contributed by atoms with Crippen LogP contribution in [-0.4, -0.2) is 17.8 Å². The predicted octanol–water partition coefficient (Wildman–Crippen LogP) is 2.81. The number of rotatable bonds is 5. The molecule has 0 aliphatic heterocycles. The molecule has 116 valence electrons. The molecule has 1 rings (SSSR count). The van der Waals surface area contributed by atoms with Crippen LogP contribution in [0.15, 0.2) is 12.1 Å². The summed E-state index contributed by atoms with van der Waals surface area (Å²) in [4.78, 5) is 23.4. The first kappa shape index (κ1) is 17.4. The van der Waals surface area contributed by atoms with E-state index in [4.69, 9.17) is 10.5 Å². The summed E-state index contributed by atoms with van der Waals surface area (Å²) in [6, 6.07) is 3.20.